The summed E-state index contributed by atoms with van der Waals surface area (Å²) in [5.74, 6) is 0.367. The van der Waals surface area contributed by atoms with Crippen LogP contribution in [0.3, 0.4) is 0 Å². The van der Waals surface area contributed by atoms with Crippen molar-refractivity contribution in [2.75, 3.05) is 0 Å². The minimum atomic E-state index is -0.343. The average Bonchev–Trinajstić information content (AvgIpc) is 2.77. The molecule has 0 radical (unpaired) electrons. The van der Waals surface area contributed by atoms with Gasteiger partial charge in [-0.3, -0.25) is 4.79 Å². The molecule has 0 aromatic rings. The first-order valence-electron chi connectivity index (χ1n) is 9.62. The smallest absolute Gasteiger partial charge is 0.303 e. The van der Waals surface area contributed by atoms with Gasteiger partial charge in [-0.05, 0) is 62.5 Å². The van der Waals surface area contributed by atoms with Gasteiger partial charge in [-0.15, -0.1) is 0 Å². The average molecular weight is 326 g/mol. The van der Waals surface area contributed by atoms with E-state index in [9.17, 15) is 4.79 Å². The van der Waals surface area contributed by atoms with E-state index >= 15 is 0 Å². The maximum atomic E-state index is 11.7. The molecule has 0 amide bonds. The molecular formula is C22H30O2. The van der Waals surface area contributed by atoms with Crippen LogP contribution in [-0.2, 0) is 9.53 Å². The summed E-state index contributed by atoms with van der Waals surface area (Å²) < 4.78 is 5.87. The Labute approximate surface area is 146 Å². The number of carbonyl (C=O) groups is 1. The first-order chi connectivity index (χ1) is 11.3. The molecule has 4 atom stereocenters. The summed E-state index contributed by atoms with van der Waals surface area (Å²) in [6.07, 6.45) is 15.6. The molecule has 0 spiro atoms. The van der Waals surface area contributed by atoms with E-state index in [1.54, 1.807) is 18.1 Å². The van der Waals surface area contributed by atoms with Gasteiger partial charge in [-0.1, -0.05) is 44.1 Å². The van der Waals surface area contributed by atoms with Gasteiger partial charge in [0.2, 0.25) is 0 Å². The zero-order chi connectivity index (χ0) is 17.2. The largest absolute Gasteiger partial charge is 0.459 e. The number of fused-ring (bicyclic) bond motifs is 5. The van der Waals surface area contributed by atoms with Gasteiger partial charge in [0.25, 0.3) is 0 Å². The van der Waals surface area contributed by atoms with E-state index in [0.29, 0.717) is 5.92 Å². The van der Waals surface area contributed by atoms with Crippen LogP contribution in [0, 0.1) is 16.7 Å². The molecule has 4 aliphatic carbocycles. The van der Waals surface area contributed by atoms with Crippen molar-refractivity contribution in [2.24, 2.45) is 16.7 Å². The van der Waals surface area contributed by atoms with E-state index < -0.39 is 0 Å². The topological polar surface area (TPSA) is 26.3 Å². The molecule has 4 aliphatic rings. The maximum absolute atomic E-state index is 11.7. The predicted molar refractivity (Wildman–Crippen MR) is 96.4 cm³/mol. The van der Waals surface area contributed by atoms with Crippen LogP contribution in [-0.4, -0.2) is 11.6 Å². The highest BCUT2D eigenvalue weighted by atomic mass is 16.6. The molecule has 0 aromatic heterocycles. The van der Waals surface area contributed by atoms with Crippen molar-refractivity contribution in [2.45, 2.75) is 78.2 Å². The number of rotatable bonds is 1. The highest BCUT2D eigenvalue weighted by molar-refractivity contribution is 5.67. The van der Waals surface area contributed by atoms with Gasteiger partial charge < -0.3 is 4.74 Å². The van der Waals surface area contributed by atoms with Crippen LogP contribution in [0.1, 0.15) is 72.6 Å². The third-order valence-electron chi connectivity index (χ3n) is 7.81. The summed E-state index contributed by atoms with van der Waals surface area (Å²) in [6, 6.07) is 0. The van der Waals surface area contributed by atoms with E-state index in [-0.39, 0.29) is 22.4 Å². The third-order valence-corrected chi connectivity index (χ3v) is 7.81. The zero-order valence-electron chi connectivity index (χ0n) is 15.6. The van der Waals surface area contributed by atoms with Gasteiger partial charge in [0.15, 0.2) is 0 Å². The number of esters is 1. The maximum Gasteiger partial charge on any atom is 0.303 e. The first kappa shape index (κ1) is 16.2. The Balaban J connectivity index is 1.77. The summed E-state index contributed by atoms with van der Waals surface area (Å²) in [5.41, 5.74) is 4.69. The zero-order valence-corrected chi connectivity index (χ0v) is 15.6. The van der Waals surface area contributed by atoms with Gasteiger partial charge in [-0.25, -0.2) is 0 Å². The van der Waals surface area contributed by atoms with E-state index in [4.69, 9.17) is 4.74 Å². The lowest BCUT2D eigenvalue weighted by Crippen LogP contribution is -2.48. The van der Waals surface area contributed by atoms with Crippen molar-refractivity contribution in [3.05, 3.63) is 34.9 Å². The Kier molecular flexibility index (Phi) is 3.43. The molecule has 2 nitrogen and oxygen atoms in total. The van der Waals surface area contributed by atoms with Crippen LogP contribution in [0.15, 0.2) is 34.9 Å². The Morgan fingerprint density at radius 1 is 1.17 bits per heavy atom. The normalized spacial score (nSPS) is 43.7. The van der Waals surface area contributed by atoms with Crippen LogP contribution in [0.5, 0.6) is 0 Å². The summed E-state index contributed by atoms with van der Waals surface area (Å²) in [5, 5.41) is 0. The summed E-state index contributed by atoms with van der Waals surface area (Å²) >= 11 is 0. The lowest BCUT2D eigenvalue weighted by molar-refractivity contribution is -0.167. The van der Waals surface area contributed by atoms with Crippen LogP contribution in [0.25, 0.3) is 0 Å². The van der Waals surface area contributed by atoms with E-state index in [1.807, 2.05) is 0 Å². The Bertz CT molecular complexity index is 682. The lowest BCUT2D eigenvalue weighted by Gasteiger charge is -2.51. The molecule has 0 saturated heterocycles. The van der Waals surface area contributed by atoms with Gasteiger partial charge in [0, 0.05) is 17.8 Å². The SMILES string of the molecule is CC(=O)OC1(C)CCC2C3=CC=C4CCCCC4(C)C3=CCC21C. The number of hydrogen-bond acceptors (Lipinski definition) is 2. The second-order valence-corrected chi connectivity index (χ2v) is 9.01. The van der Waals surface area contributed by atoms with Crippen molar-refractivity contribution in [1.82, 2.24) is 0 Å². The van der Waals surface area contributed by atoms with Crippen LogP contribution >= 0.6 is 0 Å². The van der Waals surface area contributed by atoms with E-state index in [2.05, 4.69) is 39.0 Å². The molecule has 0 aliphatic heterocycles. The summed E-state index contributed by atoms with van der Waals surface area (Å²) in [4.78, 5) is 11.7. The molecule has 24 heavy (non-hydrogen) atoms. The Morgan fingerprint density at radius 3 is 2.71 bits per heavy atom. The van der Waals surface area contributed by atoms with Gasteiger partial charge in [0.1, 0.15) is 5.60 Å². The monoisotopic (exact) mass is 326 g/mol. The predicted octanol–water partition coefficient (Wildman–Crippen LogP) is 5.50. The van der Waals surface area contributed by atoms with Gasteiger partial charge >= 0.3 is 5.97 Å². The summed E-state index contributed by atoms with van der Waals surface area (Å²) in [7, 11) is 0. The Hall–Kier alpha value is -1.31. The number of hydrogen-bond donors (Lipinski definition) is 0. The molecular weight excluding hydrogens is 296 g/mol. The Morgan fingerprint density at radius 2 is 1.96 bits per heavy atom. The van der Waals surface area contributed by atoms with Crippen LogP contribution < -0.4 is 0 Å². The molecule has 0 aromatic carbocycles. The van der Waals surface area contributed by atoms with Crippen molar-refractivity contribution in [3.8, 4) is 0 Å². The van der Waals surface area contributed by atoms with Crippen molar-refractivity contribution in [1.29, 1.82) is 0 Å². The molecule has 0 N–H and O–H groups in total. The fourth-order valence-corrected chi connectivity index (χ4v) is 6.10. The van der Waals surface area contributed by atoms with Crippen molar-refractivity contribution < 1.29 is 9.53 Å². The molecule has 4 rings (SSSR count). The molecule has 4 unspecified atom stereocenters. The minimum Gasteiger partial charge on any atom is -0.459 e. The number of allylic oxidation sites excluding steroid dienone is 6. The second-order valence-electron chi connectivity index (χ2n) is 9.01. The lowest BCUT2D eigenvalue weighted by atomic mass is 9.55. The summed E-state index contributed by atoms with van der Waals surface area (Å²) in [6.45, 7) is 8.49. The highest BCUT2D eigenvalue weighted by Gasteiger charge is 2.60. The fourth-order valence-electron chi connectivity index (χ4n) is 6.10. The van der Waals surface area contributed by atoms with Gasteiger partial charge in [0.05, 0.1) is 0 Å². The van der Waals surface area contributed by atoms with Crippen LogP contribution in [0.2, 0.25) is 0 Å². The second kappa shape index (κ2) is 5.09. The highest BCUT2D eigenvalue weighted by Crippen LogP contribution is 2.64. The van der Waals surface area contributed by atoms with Crippen LogP contribution in [0.4, 0.5) is 0 Å². The van der Waals surface area contributed by atoms with E-state index in [0.717, 1.165) is 19.3 Å². The molecule has 130 valence electrons. The quantitative estimate of drug-likeness (QED) is 0.595. The van der Waals surface area contributed by atoms with Crippen molar-refractivity contribution in [3.63, 3.8) is 0 Å². The molecule has 0 heterocycles. The molecule has 2 heteroatoms. The fraction of sp³-hybridized carbons (Fsp3) is 0.682. The first-order valence-corrected chi connectivity index (χ1v) is 9.62. The third kappa shape index (κ3) is 1.98. The number of carbonyl (C=O) groups excluding carboxylic acids is 1. The van der Waals surface area contributed by atoms with Gasteiger partial charge in [-0.2, -0.15) is 0 Å². The molecule has 2 fully saturated rings. The number of ether oxygens (including phenoxy) is 1. The van der Waals surface area contributed by atoms with E-state index in [1.165, 1.54) is 31.3 Å². The van der Waals surface area contributed by atoms with Crippen molar-refractivity contribution >= 4 is 5.97 Å². The molecule has 0 bridgehead atoms. The standard InChI is InChI=1S/C22H30O2/c1-15(23)24-22(4)14-11-19-17-9-8-16-7-5-6-12-20(16,2)18(17)10-13-21(19,22)3/h8-10,19H,5-7,11-14H2,1-4H3. The molecule has 2 saturated carbocycles. The minimum absolute atomic E-state index is 0.0182.